The zero-order chi connectivity index (χ0) is 19.6. The van der Waals surface area contributed by atoms with Gasteiger partial charge in [0.15, 0.2) is 11.5 Å². The number of nitrogens with two attached hydrogens (primary N) is 1. The molecule has 0 amide bonds. The fourth-order valence-corrected chi connectivity index (χ4v) is 2.95. The van der Waals surface area contributed by atoms with Gasteiger partial charge in [-0.2, -0.15) is 5.10 Å². The summed E-state index contributed by atoms with van der Waals surface area (Å²) in [5, 5.41) is 16.7. The van der Waals surface area contributed by atoms with Crippen LogP contribution in [-0.4, -0.2) is 47.8 Å². The van der Waals surface area contributed by atoms with Crippen LogP contribution in [0, 0.1) is 13.8 Å². The zero-order valence-electron chi connectivity index (χ0n) is 16.8. The molecule has 0 saturated heterocycles. The van der Waals surface area contributed by atoms with Gasteiger partial charge in [-0.1, -0.05) is 18.2 Å². The fourth-order valence-electron chi connectivity index (χ4n) is 2.95. The second kappa shape index (κ2) is 10.7. The number of benzene rings is 1. The van der Waals surface area contributed by atoms with Crippen LogP contribution in [0.1, 0.15) is 30.3 Å². The molecule has 0 fully saturated rings. The Morgan fingerprint density at radius 3 is 2.74 bits per heavy atom. The lowest BCUT2D eigenvalue weighted by Crippen LogP contribution is -2.86. The maximum atomic E-state index is 10.2. The van der Waals surface area contributed by atoms with Crippen LogP contribution >= 0.6 is 0 Å². The molecule has 1 aromatic heterocycles. The topological polar surface area (TPSA) is 73.1 Å². The number of allylic oxidation sites excluding steroid dienone is 1. The number of hydrogen-bond donors (Lipinski definition) is 2. The van der Waals surface area contributed by atoms with Crippen LogP contribution in [-0.2, 0) is 6.54 Å². The van der Waals surface area contributed by atoms with Gasteiger partial charge in [0.25, 0.3) is 0 Å². The van der Waals surface area contributed by atoms with Gasteiger partial charge in [0.2, 0.25) is 0 Å². The average Bonchev–Trinajstić information content (AvgIpc) is 2.97. The highest BCUT2D eigenvalue weighted by atomic mass is 16.5. The first-order valence-electron chi connectivity index (χ1n) is 9.47. The van der Waals surface area contributed by atoms with Crippen LogP contribution in [0.2, 0.25) is 0 Å². The number of aliphatic hydroxyl groups is 1. The zero-order valence-corrected chi connectivity index (χ0v) is 16.8. The molecule has 1 heterocycles. The number of aliphatic hydroxyl groups excluding tert-OH is 1. The summed E-state index contributed by atoms with van der Waals surface area (Å²) in [4.78, 5) is 0. The van der Waals surface area contributed by atoms with Crippen molar-refractivity contribution in [3.63, 3.8) is 0 Å². The Morgan fingerprint density at radius 2 is 2.07 bits per heavy atom. The number of rotatable bonds is 11. The van der Waals surface area contributed by atoms with Gasteiger partial charge in [-0.25, -0.2) is 0 Å². The molecule has 2 aromatic rings. The molecule has 0 bridgehead atoms. The van der Waals surface area contributed by atoms with Crippen LogP contribution in [0.25, 0.3) is 6.08 Å². The minimum atomic E-state index is -0.529. The summed E-state index contributed by atoms with van der Waals surface area (Å²) in [6, 6.07) is 7.85. The number of aromatic nitrogens is 2. The number of quaternary nitrogens is 1. The first-order valence-corrected chi connectivity index (χ1v) is 9.47. The number of methoxy groups -OCH3 is 1. The van der Waals surface area contributed by atoms with Crippen LogP contribution in [0.5, 0.6) is 11.5 Å². The summed E-state index contributed by atoms with van der Waals surface area (Å²) in [7, 11) is 1.62. The number of aryl methyl sites for hydroxylation is 3. The van der Waals surface area contributed by atoms with E-state index in [1.807, 2.05) is 48.9 Å². The summed E-state index contributed by atoms with van der Waals surface area (Å²) in [5.74, 6) is 1.32. The minimum Gasteiger partial charge on any atom is -0.493 e. The summed E-state index contributed by atoms with van der Waals surface area (Å²) in [6.07, 6.45) is 4.46. The van der Waals surface area contributed by atoms with Gasteiger partial charge in [0.1, 0.15) is 19.3 Å². The van der Waals surface area contributed by atoms with Crippen LogP contribution < -0.4 is 14.8 Å². The minimum absolute atomic E-state index is 0.243. The lowest BCUT2D eigenvalue weighted by atomic mass is 10.2. The first-order chi connectivity index (χ1) is 13.0. The van der Waals surface area contributed by atoms with Crippen molar-refractivity contribution in [1.29, 1.82) is 0 Å². The van der Waals surface area contributed by atoms with Crippen molar-refractivity contribution in [3.05, 3.63) is 47.3 Å². The molecule has 0 aliphatic rings. The van der Waals surface area contributed by atoms with Gasteiger partial charge < -0.3 is 19.9 Å². The van der Waals surface area contributed by atoms with E-state index in [0.29, 0.717) is 18.0 Å². The second-order valence-electron chi connectivity index (χ2n) is 6.69. The molecule has 6 heteroatoms. The molecule has 0 unspecified atom stereocenters. The third-order valence-electron chi connectivity index (χ3n) is 4.30. The Labute approximate surface area is 161 Å². The highest BCUT2D eigenvalue weighted by Crippen LogP contribution is 2.28. The van der Waals surface area contributed by atoms with E-state index in [9.17, 15) is 5.11 Å². The third kappa shape index (κ3) is 6.73. The molecule has 3 N–H and O–H groups in total. The summed E-state index contributed by atoms with van der Waals surface area (Å²) in [6.45, 7) is 8.75. The maximum Gasteiger partial charge on any atom is 0.161 e. The van der Waals surface area contributed by atoms with Crippen LogP contribution in [0.3, 0.4) is 0 Å². The van der Waals surface area contributed by atoms with E-state index in [1.165, 1.54) is 5.69 Å². The van der Waals surface area contributed by atoms with E-state index in [-0.39, 0.29) is 6.61 Å². The third-order valence-corrected chi connectivity index (χ3v) is 4.30. The van der Waals surface area contributed by atoms with Crippen molar-refractivity contribution in [2.45, 2.75) is 39.8 Å². The monoisotopic (exact) mass is 374 g/mol. The Morgan fingerprint density at radius 1 is 1.26 bits per heavy atom. The van der Waals surface area contributed by atoms with Crippen molar-refractivity contribution in [2.24, 2.45) is 0 Å². The molecule has 0 aliphatic carbocycles. The van der Waals surface area contributed by atoms with E-state index in [4.69, 9.17) is 9.47 Å². The van der Waals surface area contributed by atoms with E-state index >= 15 is 0 Å². The maximum absolute atomic E-state index is 10.2. The number of hydrogen-bond acceptors (Lipinski definition) is 4. The van der Waals surface area contributed by atoms with Gasteiger partial charge >= 0.3 is 0 Å². The highest BCUT2D eigenvalue weighted by molar-refractivity contribution is 5.55. The molecular formula is C21H32N3O3+. The molecule has 0 radical (unpaired) electrons. The van der Waals surface area contributed by atoms with E-state index in [0.717, 1.165) is 30.8 Å². The van der Waals surface area contributed by atoms with Crippen LogP contribution in [0.4, 0.5) is 0 Å². The molecule has 0 aliphatic heterocycles. The van der Waals surface area contributed by atoms with Gasteiger partial charge in [-0.05, 0) is 44.5 Å². The predicted octanol–water partition coefficient (Wildman–Crippen LogP) is 1.94. The van der Waals surface area contributed by atoms with E-state index < -0.39 is 6.10 Å². The molecule has 1 atom stereocenters. The van der Waals surface area contributed by atoms with Gasteiger partial charge in [-0.15, -0.1) is 0 Å². The smallest absolute Gasteiger partial charge is 0.161 e. The van der Waals surface area contributed by atoms with Crippen LogP contribution in [0.15, 0.2) is 30.3 Å². The molecule has 148 valence electrons. The SMILES string of the molecule is C/C=C/c1ccc(OC[C@H](O)C[NH2+]CCCn2nc(C)cc2C)c(OC)c1. The van der Waals surface area contributed by atoms with Crippen molar-refractivity contribution in [3.8, 4) is 11.5 Å². The lowest BCUT2D eigenvalue weighted by Gasteiger charge is -2.14. The molecule has 1 aromatic carbocycles. The van der Waals surface area contributed by atoms with E-state index in [1.54, 1.807) is 7.11 Å². The Kier molecular flexibility index (Phi) is 8.36. The largest absolute Gasteiger partial charge is 0.493 e. The number of ether oxygens (including phenoxy) is 2. The first kappa shape index (κ1) is 21.0. The second-order valence-corrected chi connectivity index (χ2v) is 6.69. The highest BCUT2D eigenvalue weighted by Gasteiger charge is 2.11. The Hall–Kier alpha value is -2.31. The average molecular weight is 375 g/mol. The normalized spacial score (nSPS) is 12.5. The van der Waals surface area contributed by atoms with Gasteiger partial charge in [0, 0.05) is 18.7 Å². The molecule has 0 spiro atoms. The Bertz CT molecular complexity index is 740. The summed E-state index contributed by atoms with van der Waals surface area (Å²) >= 11 is 0. The van der Waals surface area contributed by atoms with Gasteiger partial charge in [-0.3, -0.25) is 4.68 Å². The van der Waals surface area contributed by atoms with Crippen molar-refractivity contribution in [2.75, 3.05) is 26.8 Å². The molecule has 0 saturated carbocycles. The standard InChI is InChI=1S/C21H31N3O3/c1-5-7-18-8-9-20(21(13-18)26-4)27-15-19(25)14-22-10-6-11-24-17(3)12-16(2)23-24/h5,7-9,12-13,19,22,25H,6,10-11,14-15H2,1-4H3/p+1/b7-5+/t19-/m1/s1. The molecule has 2 rings (SSSR count). The van der Waals surface area contributed by atoms with Crippen molar-refractivity contribution in [1.82, 2.24) is 9.78 Å². The molecule has 27 heavy (non-hydrogen) atoms. The number of nitrogens with zero attached hydrogens (tertiary/aromatic N) is 2. The summed E-state index contributed by atoms with van der Waals surface area (Å²) < 4.78 is 13.1. The Balaban J connectivity index is 1.68. The fraction of sp³-hybridized carbons (Fsp3) is 0.476. The molecular weight excluding hydrogens is 342 g/mol. The predicted molar refractivity (Wildman–Crippen MR) is 107 cm³/mol. The summed E-state index contributed by atoms with van der Waals surface area (Å²) in [5.41, 5.74) is 3.30. The quantitative estimate of drug-likeness (QED) is 0.590. The van der Waals surface area contributed by atoms with Gasteiger partial charge in [0.05, 0.1) is 19.3 Å². The van der Waals surface area contributed by atoms with E-state index in [2.05, 4.69) is 23.4 Å². The molecule has 6 nitrogen and oxygen atoms in total. The lowest BCUT2D eigenvalue weighted by molar-refractivity contribution is -0.661. The van der Waals surface area contributed by atoms with Crippen molar-refractivity contribution < 1.29 is 19.9 Å². The van der Waals surface area contributed by atoms with Crippen molar-refractivity contribution >= 4 is 6.08 Å².